The van der Waals surface area contributed by atoms with Crippen molar-refractivity contribution < 1.29 is 4.74 Å². The number of nitrogens with one attached hydrogen (secondary N) is 1. The highest BCUT2D eigenvalue weighted by molar-refractivity contribution is 6.30. The third-order valence-electron chi connectivity index (χ3n) is 3.33. The second-order valence-corrected chi connectivity index (χ2v) is 6.19. The van der Waals surface area contributed by atoms with Crippen LogP contribution in [0, 0.1) is 0 Å². The van der Waals surface area contributed by atoms with Crippen LogP contribution in [0.15, 0.2) is 17.3 Å². The van der Waals surface area contributed by atoms with E-state index in [9.17, 15) is 0 Å². The van der Waals surface area contributed by atoms with Gasteiger partial charge in [-0.2, -0.15) is 0 Å². The van der Waals surface area contributed by atoms with Gasteiger partial charge in [0, 0.05) is 39.6 Å². The van der Waals surface area contributed by atoms with Crippen molar-refractivity contribution in [1.82, 2.24) is 14.8 Å². The zero-order valence-electron chi connectivity index (χ0n) is 13.9. The Kier molecular flexibility index (Phi) is 6.55. The van der Waals surface area contributed by atoms with Crippen LogP contribution in [0.5, 0.6) is 0 Å². The highest BCUT2D eigenvalue weighted by atomic mass is 35.5. The lowest BCUT2D eigenvalue weighted by Gasteiger charge is -2.25. The molecule has 21 heavy (non-hydrogen) atoms. The molecule has 1 aromatic heterocycles. The monoisotopic (exact) mass is 314 g/mol. The summed E-state index contributed by atoms with van der Waals surface area (Å²) >= 11 is 6.03. The zero-order valence-corrected chi connectivity index (χ0v) is 14.7. The van der Waals surface area contributed by atoms with Crippen molar-refractivity contribution >= 4 is 17.6 Å². The molecule has 5 nitrogen and oxygen atoms in total. The fraction of sp³-hybridized carbons (Fsp3) is 0.667. The molecule has 0 spiro atoms. The molecule has 0 atom stereocenters. The van der Waals surface area contributed by atoms with Gasteiger partial charge in [0.05, 0.1) is 23.7 Å². The van der Waals surface area contributed by atoms with Crippen molar-refractivity contribution in [3.8, 4) is 0 Å². The molecule has 0 aliphatic carbocycles. The highest BCUT2D eigenvalue weighted by Crippen LogP contribution is 2.14. The van der Waals surface area contributed by atoms with Crippen LogP contribution in [0.3, 0.4) is 0 Å². The fourth-order valence-electron chi connectivity index (χ4n) is 1.84. The average molecular weight is 315 g/mol. The summed E-state index contributed by atoms with van der Waals surface area (Å²) in [6.45, 7) is 8.27. The maximum Gasteiger partial charge on any atom is 0.194 e. The van der Waals surface area contributed by atoms with Gasteiger partial charge in [-0.1, -0.05) is 11.6 Å². The largest absolute Gasteiger partial charge is 0.377 e. The van der Waals surface area contributed by atoms with E-state index in [0.29, 0.717) is 6.54 Å². The molecule has 0 unspecified atom stereocenters. The second-order valence-electron chi connectivity index (χ2n) is 5.75. The smallest absolute Gasteiger partial charge is 0.194 e. The van der Waals surface area contributed by atoms with Crippen LogP contribution in [0.2, 0.25) is 5.02 Å². The van der Waals surface area contributed by atoms with Crippen molar-refractivity contribution in [2.75, 3.05) is 27.2 Å². The molecule has 0 aromatic carbocycles. The van der Waals surface area contributed by atoms with E-state index < -0.39 is 0 Å². The third kappa shape index (κ3) is 5.59. The Morgan fingerprint density at radius 3 is 2.67 bits per heavy atom. The topological polar surface area (TPSA) is 41.8 Å². The maximum atomic E-state index is 6.03. The minimum atomic E-state index is -0.268. The van der Waals surface area contributed by atoms with Crippen LogP contribution in [0.4, 0.5) is 0 Å². The normalized spacial score (nSPS) is 12.6. The van der Waals surface area contributed by atoms with E-state index in [1.807, 2.05) is 44.8 Å². The van der Waals surface area contributed by atoms with Crippen molar-refractivity contribution in [3.63, 3.8) is 0 Å². The molecule has 0 saturated carbocycles. The molecule has 1 rings (SSSR count). The van der Waals surface area contributed by atoms with Crippen molar-refractivity contribution in [2.24, 2.45) is 12.0 Å². The first-order valence-electron chi connectivity index (χ1n) is 7.14. The predicted molar refractivity (Wildman–Crippen MR) is 89.0 cm³/mol. The summed E-state index contributed by atoms with van der Waals surface area (Å²) in [6.07, 6.45) is 1.91. The minimum absolute atomic E-state index is 0.268. The van der Waals surface area contributed by atoms with E-state index >= 15 is 0 Å². The van der Waals surface area contributed by atoms with Crippen LogP contribution >= 0.6 is 11.6 Å². The molecular weight excluding hydrogens is 288 g/mol. The van der Waals surface area contributed by atoms with Gasteiger partial charge in [-0.3, -0.25) is 4.99 Å². The summed E-state index contributed by atoms with van der Waals surface area (Å²) in [6, 6.07) is 1.97. The van der Waals surface area contributed by atoms with Gasteiger partial charge < -0.3 is 19.5 Å². The summed E-state index contributed by atoms with van der Waals surface area (Å²) in [4.78, 5) is 6.74. The third-order valence-corrected chi connectivity index (χ3v) is 3.54. The molecule has 0 aliphatic rings. The number of aliphatic imine (C=N–C) groups is 1. The molecular formula is C15H27ClN4O. The quantitative estimate of drug-likeness (QED) is 0.648. The fourth-order valence-corrected chi connectivity index (χ4v) is 2.11. The summed E-state index contributed by atoms with van der Waals surface area (Å²) in [7, 11) is 5.72. The Labute approximate surface area is 132 Å². The Hall–Kier alpha value is -1.20. The van der Waals surface area contributed by atoms with Gasteiger partial charge in [-0.15, -0.1) is 0 Å². The van der Waals surface area contributed by atoms with E-state index in [4.69, 9.17) is 16.3 Å². The van der Waals surface area contributed by atoms with Gasteiger partial charge >= 0.3 is 0 Å². The van der Waals surface area contributed by atoms with E-state index in [-0.39, 0.29) is 5.60 Å². The molecule has 0 saturated heterocycles. The van der Waals surface area contributed by atoms with Crippen LogP contribution in [0.1, 0.15) is 26.5 Å². The molecule has 0 amide bonds. The molecule has 1 aromatic rings. The molecule has 120 valence electrons. The lowest BCUT2D eigenvalue weighted by molar-refractivity contribution is 0.0309. The molecule has 0 radical (unpaired) electrons. The second kappa shape index (κ2) is 7.71. The average Bonchev–Trinajstić information content (AvgIpc) is 2.72. The Balaban J connectivity index is 2.79. The predicted octanol–water partition coefficient (Wildman–Crippen LogP) is 2.50. The molecule has 0 aliphatic heterocycles. The van der Waals surface area contributed by atoms with Gasteiger partial charge in [-0.25, -0.2) is 0 Å². The van der Waals surface area contributed by atoms with E-state index in [1.165, 1.54) is 0 Å². The summed E-state index contributed by atoms with van der Waals surface area (Å²) in [5.74, 6) is 0.861. The van der Waals surface area contributed by atoms with Gasteiger partial charge in [0.2, 0.25) is 0 Å². The number of aryl methyl sites for hydroxylation is 1. The number of halogens is 1. The van der Waals surface area contributed by atoms with Gasteiger partial charge in [0.1, 0.15) is 0 Å². The van der Waals surface area contributed by atoms with Gasteiger partial charge in [0.15, 0.2) is 5.96 Å². The number of nitrogens with zero attached hydrogens (tertiary/aromatic N) is 3. The number of hydrogen-bond donors (Lipinski definition) is 1. The van der Waals surface area contributed by atoms with Gasteiger partial charge in [-0.05, 0) is 26.8 Å². The molecule has 1 N–H and O–H groups in total. The first-order chi connectivity index (χ1) is 9.79. The SMILES string of the molecule is CCNC(=NCC(C)(C)OC)N(C)Cc1cc(Cl)cn1C. The summed E-state index contributed by atoms with van der Waals surface area (Å²) in [5, 5.41) is 4.06. The Morgan fingerprint density at radius 2 is 2.19 bits per heavy atom. The standard InChI is InChI=1S/C15H27ClN4O/c1-7-17-14(18-11-15(2,3)21-6)20(5)10-13-8-12(16)9-19(13)4/h8-9H,7,10-11H2,1-6H3,(H,17,18). The summed E-state index contributed by atoms with van der Waals surface area (Å²) < 4.78 is 7.44. The molecule has 0 fully saturated rings. The number of ether oxygens (including phenoxy) is 1. The minimum Gasteiger partial charge on any atom is -0.377 e. The van der Waals surface area contributed by atoms with Gasteiger partial charge in [0.25, 0.3) is 0 Å². The number of guanidine groups is 1. The number of methoxy groups -OCH3 is 1. The number of hydrogen-bond acceptors (Lipinski definition) is 2. The van der Waals surface area contributed by atoms with E-state index in [1.54, 1.807) is 7.11 Å². The highest BCUT2D eigenvalue weighted by Gasteiger charge is 2.17. The first kappa shape index (κ1) is 17.9. The Morgan fingerprint density at radius 1 is 1.52 bits per heavy atom. The number of aromatic nitrogens is 1. The van der Waals surface area contributed by atoms with Crippen molar-refractivity contribution in [1.29, 1.82) is 0 Å². The van der Waals surface area contributed by atoms with Crippen LogP contribution in [-0.4, -0.2) is 48.3 Å². The first-order valence-corrected chi connectivity index (χ1v) is 7.52. The van der Waals surface area contributed by atoms with Crippen LogP contribution in [0.25, 0.3) is 0 Å². The molecule has 1 heterocycles. The molecule has 6 heteroatoms. The van der Waals surface area contributed by atoms with Crippen molar-refractivity contribution in [3.05, 3.63) is 23.0 Å². The Bertz CT molecular complexity index is 482. The van der Waals surface area contributed by atoms with E-state index in [2.05, 4.69) is 22.1 Å². The lowest BCUT2D eigenvalue weighted by Crippen LogP contribution is -2.40. The van der Waals surface area contributed by atoms with Crippen LogP contribution < -0.4 is 5.32 Å². The van der Waals surface area contributed by atoms with Crippen LogP contribution in [-0.2, 0) is 18.3 Å². The lowest BCUT2D eigenvalue weighted by atomic mass is 10.1. The van der Waals surface area contributed by atoms with E-state index in [0.717, 1.165) is 29.8 Å². The van der Waals surface area contributed by atoms with Crippen molar-refractivity contribution in [2.45, 2.75) is 32.9 Å². The summed E-state index contributed by atoms with van der Waals surface area (Å²) in [5.41, 5.74) is 0.870. The number of rotatable bonds is 6. The maximum absolute atomic E-state index is 6.03. The zero-order chi connectivity index (χ0) is 16.0. The molecule has 0 bridgehead atoms.